The fraction of sp³-hybridized carbons (Fsp3) is 0.464. The molecule has 7 heteroatoms. The Balaban J connectivity index is 1.10. The minimum atomic E-state index is -0.519. The van der Waals surface area contributed by atoms with Crippen LogP contribution in [0.5, 0.6) is 5.75 Å². The van der Waals surface area contributed by atoms with Gasteiger partial charge in [-0.3, -0.25) is 19.3 Å². The fourth-order valence-electron chi connectivity index (χ4n) is 5.99. The highest BCUT2D eigenvalue weighted by Gasteiger charge is 2.40. The van der Waals surface area contributed by atoms with E-state index in [1.54, 1.807) is 11.0 Å². The van der Waals surface area contributed by atoms with Gasteiger partial charge in [-0.15, -0.1) is 0 Å². The summed E-state index contributed by atoms with van der Waals surface area (Å²) in [6.45, 7) is 3.39. The first-order chi connectivity index (χ1) is 17.1. The average molecular weight is 475 g/mol. The van der Waals surface area contributed by atoms with Gasteiger partial charge in [-0.25, -0.2) is 0 Å². The molecule has 6 rings (SSSR count). The molecule has 0 spiro atoms. The molecule has 35 heavy (non-hydrogen) atoms. The third-order valence-corrected chi connectivity index (χ3v) is 7.94. The van der Waals surface area contributed by atoms with Crippen molar-refractivity contribution in [3.8, 4) is 5.75 Å². The Labute approximate surface area is 205 Å². The zero-order valence-corrected chi connectivity index (χ0v) is 19.8. The van der Waals surface area contributed by atoms with Crippen LogP contribution in [0.15, 0.2) is 42.5 Å². The van der Waals surface area contributed by atoms with Crippen molar-refractivity contribution in [2.24, 2.45) is 0 Å². The normalized spacial score (nSPS) is 26.3. The minimum Gasteiger partial charge on any atom is -0.489 e. The van der Waals surface area contributed by atoms with Gasteiger partial charge >= 0.3 is 0 Å². The summed E-state index contributed by atoms with van der Waals surface area (Å²) in [6.07, 6.45) is 3.14. The molecule has 3 atom stereocenters. The number of Topliss-reactive ketones (excluding diaryl/α,β-unsaturated/α-hetero) is 2. The Hall–Kier alpha value is -3.03. The van der Waals surface area contributed by atoms with Gasteiger partial charge in [0.05, 0.1) is 32.2 Å². The van der Waals surface area contributed by atoms with Gasteiger partial charge in [0.25, 0.3) is 5.91 Å². The molecule has 3 unspecified atom stereocenters. The number of morpholine rings is 1. The summed E-state index contributed by atoms with van der Waals surface area (Å²) in [5, 5.41) is 0. The van der Waals surface area contributed by atoms with E-state index in [9.17, 15) is 14.4 Å². The molecule has 1 aliphatic carbocycles. The molecule has 3 aliphatic heterocycles. The lowest BCUT2D eigenvalue weighted by Gasteiger charge is -2.34. The van der Waals surface area contributed by atoms with Crippen molar-refractivity contribution in [3.63, 3.8) is 0 Å². The van der Waals surface area contributed by atoms with Gasteiger partial charge in [0.2, 0.25) is 0 Å². The minimum absolute atomic E-state index is 0.0391. The molecule has 3 heterocycles. The van der Waals surface area contributed by atoms with Gasteiger partial charge < -0.3 is 14.4 Å². The van der Waals surface area contributed by atoms with Crippen molar-refractivity contribution in [1.29, 1.82) is 0 Å². The van der Waals surface area contributed by atoms with Crippen molar-refractivity contribution in [2.75, 3.05) is 13.2 Å². The lowest BCUT2D eigenvalue weighted by Crippen LogP contribution is -2.45. The summed E-state index contributed by atoms with van der Waals surface area (Å²) in [7, 11) is 0. The Morgan fingerprint density at radius 3 is 2.40 bits per heavy atom. The van der Waals surface area contributed by atoms with Crippen LogP contribution in [0.25, 0.3) is 0 Å². The molecule has 0 aromatic heterocycles. The second kappa shape index (κ2) is 9.21. The molecule has 2 saturated heterocycles. The first kappa shape index (κ1) is 22.4. The molecule has 2 aromatic rings. The largest absolute Gasteiger partial charge is 0.489 e. The number of nitrogens with zero attached hydrogens (tertiary/aromatic N) is 2. The molecule has 2 aromatic carbocycles. The zero-order valence-electron chi connectivity index (χ0n) is 19.8. The molecule has 0 radical (unpaired) electrons. The highest BCUT2D eigenvalue weighted by molar-refractivity contribution is 6.07. The Morgan fingerprint density at radius 1 is 0.914 bits per heavy atom. The van der Waals surface area contributed by atoms with Crippen LogP contribution < -0.4 is 4.74 Å². The van der Waals surface area contributed by atoms with E-state index in [1.165, 1.54) is 18.4 Å². The summed E-state index contributed by atoms with van der Waals surface area (Å²) in [5.74, 6) is 0.323. The summed E-state index contributed by atoms with van der Waals surface area (Å²) < 4.78 is 11.8. The van der Waals surface area contributed by atoms with Crippen LogP contribution in [0.4, 0.5) is 0 Å². The molecule has 1 amide bonds. The molecular formula is C28H30N2O5. The maximum atomic E-state index is 13.0. The fourth-order valence-corrected chi connectivity index (χ4v) is 5.99. The topological polar surface area (TPSA) is 76.2 Å². The maximum absolute atomic E-state index is 13.0. The molecule has 7 nitrogen and oxygen atoms in total. The van der Waals surface area contributed by atoms with Gasteiger partial charge in [-0.1, -0.05) is 30.3 Å². The van der Waals surface area contributed by atoms with E-state index in [0.717, 1.165) is 30.9 Å². The van der Waals surface area contributed by atoms with Crippen LogP contribution >= 0.6 is 0 Å². The number of ketones is 2. The molecule has 182 valence electrons. The summed E-state index contributed by atoms with van der Waals surface area (Å²) in [4.78, 5) is 41.2. The van der Waals surface area contributed by atoms with Crippen molar-refractivity contribution >= 4 is 17.5 Å². The first-order valence-electron chi connectivity index (χ1n) is 12.6. The number of rotatable bonds is 6. The quantitative estimate of drug-likeness (QED) is 0.598. The van der Waals surface area contributed by atoms with Crippen molar-refractivity contribution in [1.82, 2.24) is 9.80 Å². The van der Waals surface area contributed by atoms with Crippen LogP contribution in [-0.2, 0) is 34.0 Å². The van der Waals surface area contributed by atoms with E-state index in [1.807, 2.05) is 12.1 Å². The third-order valence-electron chi connectivity index (χ3n) is 7.94. The number of carbonyl (C=O) groups excluding carboxylic acids is 3. The Kier molecular flexibility index (Phi) is 5.90. The molecule has 1 saturated carbocycles. The van der Waals surface area contributed by atoms with Gasteiger partial charge in [-0.05, 0) is 42.5 Å². The Bertz CT molecular complexity index is 1140. The standard InChI is InChI=1S/C28H30N2O5/c31-22-10-11-25(26(32)12-22)30-14-24-23(28(30)33)2-1-3-27(24)35-15-19-6-4-18(5-7-19)13-29-20-8-9-21(29)17-34-16-20/h1-7,20-21,25H,8-17H2. The van der Waals surface area contributed by atoms with Crippen molar-refractivity contribution < 1.29 is 23.9 Å². The smallest absolute Gasteiger partial charge is 0.255 e. The van der Waals surface area contributed by atoms with Gasteiger partial charge in [-0.2, -0.15) is 0 Å². The maximum Gasteiger partial charge on any atom is 0.255 e. The second-order valence-corrected chi connectivity index (χ2v) is 10.2. The second-order valence-electron chi connectivity index (χ2n) is 10.2. The molecule has 4 aliphatic rings. The SMILES string of the molecule is O=C1CCC(N2Cc3c(OCc4ccc(CN5C6CCC5COC6)cc4)cccc3C2=O)C(=O)C1. The van der Waals surface area contributed by atoms with E-state index < -0.39 is 6.04 Å². The average Bonchev–Trinajstić information content (AvgIpc) is 3.29. The van der Waals surface area contributed by atoms with Gasteiger partial charge in [0.1, 0.15) is 18.1 Å². The van der Waals surface area contributed by atoms with Crippen molar-refractivity contribution in [2.45, 2.75) is 69.9 Å². The molecule has 3 fully saturated rings. The number of ether oxygens (including phenoxy) is 2. The summed E-state index contributed by atoms with van der Waals surface area (Å²) >= 11 is 0. The highest BCUT2D eigenvalue weighted by atomic mass is 16.5. The number of hydrogen-bond acceptors (Lipinski definition) is 6. The Morgan fingerprint density at radius 2 is 1.66 bits per heavy atom. The molecule has 2 bridgehead atoms. The van der Waals surface area contributed by atoms with Crippen LogP contribution in [-0.4, -0.2) is 58.6 Å². The van der Waals surface area contributed by atoms with Crippen LogP contribution in [0.2, 0.25) is 0 Å². The van der Waals surface area contributed by atoms with Gasteiger partial charge in [0, 0.05) is 36.2 Å². The summed E-state index contributed by atoms with van der Waals surface area (Å²) in [5.41, 5.74) is 3.77. The van der Waals surface area contributed by atoms with E-state index in [-0.39, 0.29) is 23.9 Å². The zero-order chi connectivity index (χ0) is 23.9. The number of carbonyl (C=O) groups is 3. The van der Waals surface area contributed by atoms with E-state index in [2.05, 4.69) is 29.2 Å². The van der Waals surface area contributed by atoms with E-state index in [4.69, 9.17) is 9.47 Å². The lowest BCUT2D eigenvalue weighted by molar-refractivity contribution is -0.133. The number of fused-ring (bicyclic) bond motifs is 3. The lowest BCUT2D eigenvalue weighted by atomic mass is 9.92. The number of benzene rings is 2. The van der Waals surface area contributed by atoms with Crippen LogP contribution in [0.1, 0.15) is 59.2 Å². The van der Waals surface area contributed by atoms with Crippen molar-refractivity contribution in [3.05, 3.63) is 64.7 Å². The highest BCUT2D eigenvalue weighted by Crippen LogP contribution is 2.35. The summed E-state index contributed by atoms with van der Waals surface area (Å²) in [6, 6.07) is 14.6. The third kappa shape index (κ3) is 4.28. The van der Waals surface area contributed by atoms with E-state index in [0.29, 0.717) is 49.4 Å². The number of hydrogen-bond donors (Lipinski definition) is 0. The first-order valence-corrected chi connectivity index (χ1v) is 12.6. The molecule has 0 N–H and O–H groups in total. The predicted octanol–water partition coefficient (Wildman–Crippen LogP) is 3.28. The predicted molar refractivity (Wildman–Crippen MR) is 128 cm³/mol. The van der Waals surface area contributed by atoms with Crippen LogP contribution in [0.3, 0.4) is 0 Å². The van der Waals surface area contributed by atoms with Crippen LogP contribution in [0, 0.1) is 0 Å². The molecular weight excluding hydrogens is 444 g/mol. The van der Waals surface area contributed by atoms with E-state index >= 15 is 0 Å². The monoisotopic (exact) mass is 474 g/mol. The van der Waals surface area contributed by atoms with Gasteiger partial charge in [0.15, 0.2) is 5.78 Å². The number of amides is 1.